The number of hydrogen-bond donors (Lipinski definition) is 1. The Morgan fingerprint density at radius 1 is 1.19 bits per heavy atom. The van der Waals surface area contributed by atoms with Crippen molar-refractivity contribution >= 4 is 27.3 Å². The Morgan fingerprint density at radius 2 is 1.89 bits per heavy atom. The largest absolute Gasteiger partial charge is 0.379 e. The summed E-state index contributed by atoms with van der Waals surface area (Å²) in [6.45, 7) is 3.90. The lowest BCUT2D eigenvalue weighted by Crippen LogP contribution is -2.40. The van der Waals surface area contributed by atoms with Crippen molar-refractivity contribution < 1.29 is 17.9 Å². The van der Waals surface area contributed by atoms with E-state index < -0.39 is 10.0 Å². The van der Waals surface area contributed by atoms with Gasteiger partial charge in [-0.15, -0.1) is 11.3 Å². The van der Waals surface area contributed by atoms with Crippen LogP contribution in [-0.4, -0.2) is 44.9 Å². The van der Waals surface area contributed by atoms with Crippen molar-refractivity contribution in [2.75, 3.05) is 26.3 Å². The maximum absolute atomic E-state index is 12.7. The summed E-state index contributed by atoms with van der Waals surface area (Å²) in [6.07, 6.45) is 0.705. The highest BCUT2D eigenvalue weighted by molar-refractivity contribution is 7.91. The molecule has 0 aliphatic carbocycles. The van der Waals surface area contributed by atoms with E-state index in [2.05, 4.69) is 5.32 Å². The van der Waals surface area contributed by atoms with Gasteiger partial charge in [0.05, 0.1) is 25.7 Å². The van der Waals surface area contributed by atoms with Crippen molar-refractivity contribution in [2.45, 2.75) is 30.0 Å². The van der Waals surface area contributed by atoms with E-state index in [1.165, 1.54) is 15.6 Å². The minimum absolute atomic E-state index is 0.0466. The molecule has 8 heteroatoms. The van der Waals surface area contributed by atoms with Crippen LogP contribution in [0.15, 0.2) is 46.7 Å². The van der Waals surface area contributed by atoms with E-state index in [-0.39, 0.29) is 11.8 Å². The van der Waals surface area contributed by atoms with E-state index in [4.69, 9.17) is 4.74 Å². The molecule has 1 amide bonds. The summed E-state index contributed by atoms with van der Waals surface area (Å²) in [4.78, 5) is 13.4. The summed E-state index contributed by atoms with van der Waals surface area (Å²) in [6, 6.07) is 13.1. The molecule has 2 aromatic rings. The highest BCUT2D eigenvalue weighted by atomic mass is 32.2. The predicted octanol–water partition coefficient (Wildman–Crippen LogP) is 2.58. The van der Waals surface area contributed by atoms with Crippen molar-refractivity contribution in [1.82, 2.24) is 9.62 Å². The van der Waals surface area contributed by atoms with Crippen LogP contribution in [0.1, 0.15) is 29.7 Å². The highest BCUT2D eigenvalue weighted by Crippen LogP contribution is 2.26. The van der Waals surface area contributed by atoms with Gasteiger partial charge in [-0.1, -0.05) is 37.3 Å². The molecule has 2 heterocycles. The van der Waals surface area contributed by atoms with Gasteiger partial charge in [0.1, 0.15) is 4.21 Å². The zero-order chi connectivity index (χ0) is 19.3. The molecular weight excluding hydrogens is 384 g/mol. The molecule has 0 radical (unpaired) electrons. The van der Waals surface area contributed by atoms with Gasteiger partial charge in [0.2, 0.25) is 5.91 Å². The monoisotopic (exact) mass is 408 g/mol. The van der Waals surface area contributed by atoms with Gasteiger partial charge in [0, 0.05) is 18.0 Å². The van der Waals surface area contributed by atoms with Crippen LogP contribution in [0.2, 0.25) is 0 Å². The first-order valence-electron chi connectivity index (χ1n) is 9.01. The molecule has 0 spiro atoms. The van der Waals surface area contributed by atoms with Crippen molar-refractivity contribution in [3.05, 3.63) is 52.9 Å². The number of carbonyl (C=O) groups excluding carboxylic acids is 1. The number of nitrogens with zero attached hydrogens (tertiary/aromatic N) is 1. The number of amides is 1. The lowest BCUT2D eigenvalue weighted by Gasteiger charge is -2.25. The minimum atomic E-state index is -3.48. The molecular formula is C19H24N2O4S2. The number of rotatable bonds is 7. The van der Waals surface area contributed by atoms with Gasteiger partial charge in [0.25, 0.3) is 10.0 Å². The first-order chi connectivity index (χ1) is 13.0. The molecule has 0 bridgehead atoms. The van der Waals surface area contributed by atoms with E-state index in [0.717, 1.165) is 10.4 Å². The molecule has 1 saturated heterocycles. The fourth-order valence-corrected chi connectivity index (χ4v) is 5.92. The standard InChI is InChI=1S/C19H24N2O4S2/c1-2-17(15-6-4-3-5-7-15)19(22)20-14-16-8-9-18(26-16)27(23,24)21-10-12-25-13-11-21/h3-9,17H,2,10-14H2,1H3,(H,20,22). The maximum Gasteiger partial charge on any atom is 0.252 e. The third-order valence-electron chi connectivity index (χ3n) is 4.56. The Bertz CT molecular complexity index is 859. The Kier molecular flexibility index (Phi) is 6.64. The van der Waals surface area contributed by atoms with E-state index in [0.29, 0.717) is 43.5 Å². The highest BCUT2D eigenvalue weighted by Gasteiger charge is 2.28. The fourth-order valence-electron chi connectivity index (χ4n) is 3.06. The van der Waals surface area contributed by atoms with Crippen LogP contribution < -0.4 is 5.32 Å². The van der Waals surface area contributed by atoms with E-state index in [1.807, 2.05) is 37.3 Å². The Balaban J connectivity index is 1.63. The second kappa shape index (κ2) is 8.97. The molecule has 1 aromatic carbocycles. The Labute approximate surface area is 164 Å². The quantitative estimate of drug-likeness (QED) is 0.764. The van der Waals surface area contributed by atoms with Crippen molar-refractivity contribution in [3.8, 4) is 0 Å². The van der Waals surface area contributed by atoms with Crippen molar-refractivity contribution in [2.24, 2.45) is 0 Å². The lowest BCUT2D eigenvalue weighted by atomic mass is 9.96. The van der Waals surface area contributed by atoms with E-state index in [9.17, 15) is 13.2 Å². The molecule has 27 heavy (non-hydrogen) atoms. The minimum Gasteiger partial charge on any atom is -0.379 e. The SMILES string of the molecule is CCC(C(=O)NCc1ccc(S(=O)(=O)N2CCOCC2)s1)c1ccccc1. The second-order valence-corrected chi connectivity index (χ2v) is 9.66. The number of nitrogens with one attached hydrogen (secondary N) is 1. The zero-order valence-corrected chi connectivity index (χ0v) is 16.9. The summed E-state index contributed by atoms with van der Waals surface area (Å²) >= 11 is 1.21. The second-order valence-electron chi connectivity index (χ2n) is 6.33. The molecule has 1 fully saturated rings. The first kappa shape index (κ1) is 20.0. The van der Waals surface area contributed by atoms with Gasteiger partial charge in [-0.2, -0.15) is 4.31 Å². The molecule has 146 valence electrons. The number of ether oxygens (including phenoxy) is 1. The van der Waals surface area contributed by atoms with Crippen molar-refractivity contribution in [1.29, 1.82) is 0 Å². The van der Waals surface area contributed by atoms with Gasteiger partial charge >= 0.3 is 0 Å². The summed E-state index contributed by atoms with van der Waals surface area (Å²) in [5.74, 6) is -0.252. The average molecular weight is 409 g/mol. The van der Waals surface area contributed by atoms with Crippen LogP contribution in [0.25, 0.3) is 0 Å². The first-order valence-corrected chi connectivity index (χ1v) is 11.3. The number of benzene rings is 1. The van der Waals surface area contributed by atoms with Gasteiger partial charge in [0.15, 0.2) is 0 Å². The average Bonchev–Trinajstić information content (AvgIpc) is 3.18. The van der Waals surface area contributed by atoms with E-state index in [1.54, 1.807) is 12.1 Å². The normalized spacial score (nSPS) is 16.8. The number of thiophene rings is 1. The third kappa shape index (κ3) is 4.76. The van der Waals surface area contributed by atoms with E-state index >= 15 is 0 Å². The molecule has 1 N–H and O–H groups in total. The van der Waals surface area contributed by atoms with Gasteiger partial charge in [-0.3, -0.25) is 4.79 Å². The summed E-state index contributed by atoms with van der Waals surface area (Å²) in [7, 11) is -3.48. The molecule has 0 saturated carbocycles. The number of carbonyl (C=O) groups is 1. The van der Waals surface area contributed by atoms with Crippen LogP contribution in [0.4, 0.5) is 0 Å². The Hall–Kier alpha value is -1.74. The van der Waals surface area contributed by atoms with Gasteiger partial charge in [-0.05, 0) is 24.1 Å². The zero-order valence-electron chi connectivity index (χ0n) is 15.3. The van der Waals surface area contributed by atoms with Crippen LogP contribution in [0.3, 0.4) is 0 Å². The number of morpholine rings is 1. The number of hydrogen-bond acceptors (Lipinski definition) is 5. The van der Waals surface area contributed by atoms with Crippen molar-refractivity contribution in [3.63, 3.8) is 0 Å². The van der Waals surface area contributed by atoms with Gasteiger partial charge in [-0.25, -0.2) is 8.42 Å². The smallest absolute Gasteiger partial charge is 0.252 e. The predicted molar refractivity (Wildman–Crippen MR) is 105 cm³/mol. The van der Waals surface area contributed by atoms with Crippen LogP contribution in [0.5, 0.6) is 0 Å². The topological polar surface area (TPSA) is 75.7 Å². The van der Waals surface area contributed by atoms with Crippen LogP contribution >= 0.6 is 11.3 Å². The van der Waals surface area contributed by atoms with Crippen LogP contribution in [0, 0.1) is 0 Å². The molecule has 1 unspecified atom stereocenters. The fraction of sp³-hybridized carbons (Fsp3) is 0.421. The lowest BCUT2D eigenvalue weighted by molar-refractivity contribution is -0.122. The molecule has 1 aliphatic heterocycles. The Morgan fingerprint density at radius 3 is 2.56 bits per heavy atom. The van der Waals surface area contributed by atoms with Gasteiger partial charge < -0.3 is 10.1 Å². The number of sulfonamides is 1. The molecule has 1 atom stereocenters. The maximum atomic E-state index is 12.7. The third-order valence-corrected chi connectivity index (χ3v) is 8.02. The molecule has 6 nitrogen and oxygen atoms in total. The molecule has 1 aromatic heterocycles. The molecule has 1 aliphatic rings. The van der Waals surface area contributed by atoms with Crippen LogP contribution in [-0.2, 0) is 26.1 Å². The summed E-state index contributed by atoms with van der Waals surface area (Å²) < 4.78 is 32.3. The molecule has 3 rings (SSSR count). The summed E-state index contributed by atoms with van der Waals surface area (Å²) in [5.41, 5.74) is 0.985. The summed E-state index contributed by atoms with van der Waals surface area (Å²) in [5, 5.41) is 2.94.